The molecule has 1 atom stereocenters. The highest BCUT2D eigenvalue weighted by Crippen LogP contribution is 2.40. The molecule has 0 radical (unpaired) electrons. The Labute approximate surface area is 120 Å². The minimum Gasteiger partial charge on any atom is -0.457 e. The first-order chi connectivity index (χ1) is 9.15. The van der Waals surface area contributed by atoms with Gasteiger partial charge in [-0.3, -0.25) is 0 Å². The molecule has 1 aliphatic heterocycles. The molecule has 1 unspecified atom stereocenters. The molecule has 0 aromatic heterocycles. The van der Waals surface area contributed by atoms with Crippen LogP contribution in [0, 0.1) is 0 Å². The van der Waals surface area contributed by atoms with Crippen molar-refractivity contribution in [3.63, 3.8) is 0 Å². The Balaban J connectivity index is 2.98. The lowest BCUT2D eigenvalue weighted by molar-refractivity contribution is -0.268. The van der Waals surface area contributed by atoms with Gasteiger partial charge in [0.15, 0.2) is 0 Å². The molecule has 0 bridgehead atoms. The van der Waals surface area contributed by atoms with Crippen LogP contribution >= 0.6 is 0 Å². The van der Waals surface area contributed by atoms with Crippen LogP contribution in [0.25, 0.3) is 0 Å². The highest BCUT2D eigenvalue weighted by molar-refractivity contribution is 5.81. The molecule has 0 spiro atoms. The number of amides is 1. The topological polar surface area (TPSA) is 67.9 Å². The zero-order valence-corrected chi connectivity index (χ0v) is 12.9. The smallest absolute Gasteiger partial charge is 0.426 e. The second kappa shape index (κ2) is 5.83. The molecular weight excluding hydrogens is 260 g/mol. The molecule has 1 aliphatic rings. The average molecular weight is 284 g/mol. The summed E-state index contributed by atoms with van der Waals surface area (Å²) in [6, 6.07) is 0. The van der Waals surface area contributed by atoms with Crippen LogP contribution < -0.4 is 5.32 Å². The number of piperidine rings is 1. The maximum Gasteiger partial charge on any atom is 0.426 e. The van der Waals surface area contributed by atoms with E-state index in [2.05, 4.69) is 11.9 Å². The predicted octanol–water partition coefficient (Wildman–Crippen LogP) is 2.01. The monoisotopic (exact) mass is 284 g/mol. The van der Waals surface area contributed by atoms with Crippen molar-refractivity contribution in [2.75, 3.05) is 7.05 Å². The van der Waals surface area contributed by atoms with E-state index in [4.69, 9.17) is 9.57 Å². The van der Waals surface area contributed by atoms with Crippen molar-refractivity contribution in [1.29, 1.82) is 0 Å². The van der Waals surface area contributed by atoms with E-state index >= 15 is 0 Å². The first-order valence-corrected chi connectivity index (χ1v) is 6.68. The summed E-state index contributed by atoms with van der Waals surface area (Å²) < 4.78 is 5.38. The standard InChI is InChI=1S/C14H24N2O4/c1-7-11(17)19-10-8-9-13(2,3)16(14(10,4)5)20-12(18)15-6/h7,10H,1,8-9H2,2-6H3,(H,15,18). The number of nitrogens with one attached hydrogen (secondary N) is 1. The van der Waals surface area contributed by atoms with Crippen molar-refractivity contribution >= 4 is 12.1 Å². The lowest BCUT2D eigenvalue weighted by Crippen LogP contribution is -2.65. The van der Waals surface area contributed by atoms with Crippen LogP contribution in [0.2, 0.25) is 0 Å². The van der Waals surface area contributed by atoms with Crippen molar-refractivity contribution < 1.29 is 19.2 Å². The second-order valence-electron chi connectivity index (χ2n) is 6.06. The Morgan fingerprint density at radius 3 is 2.45 bits per heavy atom. The molecule has 1 N–H and O–H groups in total. The number of esters is 1. The van der Waals surface area contributed by atoms with Gasteiger partial charge in [0.05, 0.1) is 11.1 Å². The van der Waals surface area contributed by atoms with Crippen molar-refractivity contribution in [2.45, 2.75) is 57.7 Å². The normalized spacial score (nSPS) is 24.6. The summed E-state index contributed by atoms with van der Waals surface area (Å²) in [5.41, 5.74) is -0.972. The van der Waals surface area contributed by atoms with Gasteiger partial charge in [-0.05, 0) is 40.5 Å². The summed E-state index contributed by atoms with van der Waals surface area (Å²) in [5.74, 6) is -0.470. The van der Waals surface area contributed by atoms with Gasteiger partial charge in [-0.2, -0.15) is 0 Å². The largest absolute Gasteiger partial charge is 0.457 e. The Kier molecular flexibility index (Phi) is 4.81. The average Bonchev–Trinajstić information content (AvgIpc) is 2.37. The summed E-state index contributed by atoms with van der Waals surface area (Å²) in [6.45, 7) is 11.2. The molecule has 0 aromatic carbocycles. The Morgan fingerprint density at radius 1 is 1.35 bits per heavy atom. The lowest BCUT2D eigenvalue weighted by atomic mass is 9.80. The van der Waals surface area contributed by atoms with Gasteiger partial charge in [-0.15, -0.1) is 5.06 Å². The quantitative estimate of drug-likeness (QED) is 0.634. The first-order valence-electron chi connectivity index (χ1n) is 6.68. The van der Waals surface area contributed by atoms with Gasteiger partial charge in [0, 0.05) is 13.1 Å². The number of carbonyl (C=O) groups excluding carboxylic acids is 2. The number of ether oxygens (including phenoxy) is 1. The molecule has 1 heterocycles. The third-order valence-electron chi connectivity index (χ3n) is 3.68. The highest BCUT2D eigenvalue weighted by atomic mass is 16.7. The molecule has 0 aromatic rings. The van der Waals surface area contributed by atoms with Crippen LogP contribution in [0.3, 0.4) is 0 Å². The summed E-state index contributed by atoms with van der Waals surface area (Å²) in [5, 5.41) is 4.04. The third kappa shape index (κ3) is 3.30. The Bertz CT molecular complexity index is 404. The van der Waals surface area contributed by atoms with Gasteiger partial charge in [0.25, 0.3) is 0 Å². The number of nitrogens with zero attached hydrogens (tertiary/aromatic N) is 1. The number of hydrogen-bond donors (Lipinski definition) is 1. The zero-order chi connectivity index (χ0) is 15.6. The fourth-order valence-electron chi connectivity index (χ4n) is 2.61. The van der Waals surface area contributed by atoms with Gasteiger partial charge in [0.2, 0.25) is 0 Å². The van der Waals surface area contributed by atoms with Gasteiger partial charge < -0.3 is 14.9 Å². The SMILES string of the molecule is C=CC(=O)OC1CCC(C)(C)N(OC(=O)NC)C1(C)C. The van der Waals surface area contributed by atoms with E-state index in [0.29, 0.717) is 6.42 Å². The van der Waals surface area contributed by atoms with Gasteiger partial charge in [-0.1, -0.05) is 6.58 Å². The predicted molar refractivity (Wildman–Crippen MR) is 74.8 cm³/mol. The Morgan fingerprint density at radius 2 is 1.95 bits per heavy atom. The second-order valence-corrected chi connectivity index (χ2v) is 6.06. The van der Waals surface area contributed by atoms with E-state index in [-0.39, 0.29) is 11.6 Å². The minimum absolute atomic E-state index is 0.340. The number of hydrogen-bond acceptors (Lipinski definition) is 5. The molecular formula is C14H24N2O4. The summed E-state index contributed by atoms with van der Waals surface area (Å²) in [6.07, 6.45) is 1.67. The number of carbonyl (C=O) groups is 2. The van der Waals surface area contributed by atoms with E-state index in [0.717, 1.165) is 12.5 Å². The van der Waals surface area contributed by atoms with Crippen LogP contribution in [0.5, 0.6) is 0 Å². The summed E-state index contributed by atoms with van der Waals surface area (Å²) in [7, 11) is 1.50. The van der Waals surface area contributed by atoms with E-state index in [1.807, 2.05) is 27.7 Å². The van der Waals surface area contributed by atoms with Crippen molar-refractivity contribution in [3.8, 4) is 0 Å². The van der Waals surface area contributed by atoms with Crippen LogP contribution in [-0.4, -0.2) is 41.4 Å². The van der Waals surface area contributed by atoms with Gasteiger partial charge in [-0.25, -0.2) is 9.59 Å². The molecule has 1 amide bonds. The van der Waals surface area contributed by atoms with Crippen LogP contribution in [0.15, 0.2) is 12.7 Å². The molecule has 1 saturated heterocycles. The van der Waals surface area contributed by atoms with E-state index in [1.54, 1.807) is 5.06 Å². The molecule has 1 fully saturated rings. The van der Waals surface area contributed by atoms with Crippen LogP contribution in [0.1, 0.15) is 40.5 Å². The highest BCUT2D eigenvalue weighted by Gasteiger charge is 2.51. The molecule has 0 aliphatic carbocycles. The van der Waals surface area contributed by atoms with Crippen molar-refractivity contribution in [1.82, 2.24) is 10.4 Å². The number of rotatable bonds is 3. The van der Waals surface area contributed by atoms with Crippen molar-refractivity contribution in [3.05, 3.63) is 12.7 Å². The van der Waals surface area contributed by atoms with Crippen LogP contribution in [0.4, 0.5) is 4.79 Å². The molecule has 1 rings (SSSR count). The first kappa shape index (κ1) is 16.5. The Hall–Kier alpha value is -1.56. The van der Waals surface area contributed by atoms with E-state index in [1.165, 1.54) is 7.05 Å². The van der Waals surface area contributed by atoms with Gasteiger partial charge in [0.1, 0.15) is 6.10 Å². The fraction of sp³-hybridized carbons (Fsp3) is 0.714. The zero-order valence-electron chi connectivity index (χ0n) is 12.9. The number of hydroxylamine groups is 2. The lowest BCUT2D eigenvalue weighted by Gasteiger charge is -2.53. The molecule has 0 saturated carbocycles. The van der Waals surface area contributed by atoms with Crippen LogP contribution in [-0.2, 0) is 14.4 Å². The van der Waals surface area contributed by atoms with Crippen molar-refractivity contribution in [2.24, 2.45) is 0 Å². The maximum absolute atomic E-state index is 11.5. The molecule has 114 valence electrons. The summed E-state index contributed by atoms with van der Waals surface area (Å²) >= 11 is 0. The molecule has 6 nitrogen and oxygen atoms in total. The van der Waals surface area contributed by atoms with E-state index < -0.39 is 17.6 Å². The van der Waals surface area contributed by atoms with E-state index in [9.17, 15) is 9.59 Å². The maximum atomic E-state index is 11.5. The van der Waals surface area contributed by atoms with Gasteiger partial charge >= 0.3 is 12.1 Å². The molecule has 20 heavy (non-hydrogen) atoms. The fourth-order valence-corrected chi connectivity index (χ4v) is 2.61. The molecule has 6 heteroatoms. The summed E-state index contributed by atoms with van der Waals surface area (Å²) in [4.78, 5) is 28.4. The minimum atomic E-state index is -0.632. The third-order valence-corrected chi connectivity index (χ3v) is 3.68.